The van der Waals surface area contributed by atoms with Crippen LogP contribution in [0.2, 0.25) is 0 Å². The Kier molecular flexibility index (Phi) is 4.17. The quantitative estimate of drug-likeness (QED) is 0.721. The van der Waals surface area contributed by atoms with Crippen molar-refractivity contribution in [2.75, 3.05) is 0 Å². The maximum atomic E-state index is 12.6. The zero-order valence-electron chi connectivity index (χ0n) is 12.8. The third-order valence-electron chi connectivity index (χ3n) is 3.55. The van der Waals surface area contributed by atoms with Gasteiger partial charge in [0, 0.05) is 12.4 Å². The van der Waals surface area contributed by atoms with Gasteiger partial charge < -0.3 is 0 Å². The molecule has 0 saturated carbocycles. The Labute approximate surface area is 136 Å². The fourth-order valence-electron chi connectivity index (χ4n) is 2.23. The van der Waals surface area contributed by atoms with E-state index in [9.17, 15) is 8.42 Å². The van der Waals surface area contributed by atoms with Gasteiger partial charge in [-0.25, -0.2) is 12.4 Å². The molecule has 3 aromatic rings. The first-order valence-electron chi connectivity index (χ1n) is 7.29. The van der Waals surface area contributed by atoms with Gasteiger partial charge >= 0.3 is 0 Å². The lowest BCUT2D eigenvalue weighted by molar-refractivity contribution is 0.587. The average molecular weight is 323 g/mol. The van der Waals surface area contributed by atoms with Crippen LogP contribution in [0.1, 0.15) is 16.7 Å². The third kappa shape index (κ3) is 3.43. The Morgan fingerprint density at radius 2 is 1.48 bits per heavy atom. The summed E-state index contributed by atoms with van der Waals surface area (Å²) in [6.45, 7) is 1.93. The van der Waals surface area contributed by atoms with Crippen LogP contribution < -0.4 is 0 Å². The van der Waals surface area contributed by atoms with E-state index >= 15 is 0 Å². The molecule has 3 nitrogen and oxygen atoms in total. The molecule has 2 aromatic carbocycles. The van der Waals surface area contributed by atoms with Crippen molar-refractivity contribution in [3.05, 3.63) is 89.7 Å². The van der Waals surface area contributed by atoms with Crippen LogP contribution in [0.25, 0.3) is 12.2 Å². The van der Waals surface area contributed by atoms with Crippen LogP contribution in [0.15, 0.2) is 78.0 Å². The summed E-state index contributed by atoms with van der Waals surface area (Å²) in [4.78, 5) is 0.289. The smallest absolute Gasteiger partial charge is 0.248 e. The lowest BCUT2D eigenvalue weighted by Gasteiger charge is -2.05. The molecule has 1 aromatic heterocycles. The van der Waals surface area contributed by atoms with Crippen molar-refractivity contribution in [3.63, 3.8) is 0 Å². The van der Waals surface area contributed by atoms with Crippen LogP contribution >= 0.6 is 0 Å². The highest BCUT2D eigenvalue weighted by molar-refractivity contribution is 7.90. The fourth-order valence-corrected chi connectivity index (χ4v) is 3.43. The lowest BCUT2D eigenvalue weighted by Crippen LogP contribution is -2.10. The third-order valence-corrected chi connectivity index (χ3v) is 5.20. The maximum Gasteiger partial charge on any atom is 0.267 e. The Hall–Kier alpha value is -2.59. The van der Waals surface area contributed by atoms with Gasteiger partial charge in [0.1, 0.15) is 0 Å². The van der Waals surface area contributed by atoms with Gasteiger partial charge in [0.25, 0.3) is 10.0 Å². The molecule has 1 heterocycles. The first kappa shape index (κ1) is 15.3. The molecule has 0 radical (unpaired) electrons. The van der Waals surface area contributed by atoms with Crippen LogP contribution in [-0.2, 0) is 10.0 Å². The summed E-state index contributed by atoms with van der Waals surface area (Å²) in [5, 5.41) is 0. The van der Waals surface area contributed by atoms with E-state index in [1.807, 2.05) is 49.4 Å². The highest BCUT2D eigenvalue weighted by Crippen LogP contribution is 2.17. The van der Waals surface area contributed by atoms with Gasteiger partial charge in [0.15, 0.2) is 0 Å². The molecule has 0 amide bonds. The lowest BCUT2D eigenvalue weighted by atomic mass is 10.2. The van der Waals surface area contributed by atoms with E-state index in [1.54, 1.807) is 42.7 Å². The predicted molar refractivity (Wildman–Crippen MR) is 93.6 cm³/mol. The van der Waals surface area contributed by atoms with Crippen molar-refractivity contribution in [3.8, 4) is 0 Å². The molecule has 0 N–H and O–H groups in total. The average Bonchev–Trinajstić information content (AvgIpc) is 3.04. The van der Waals surface area contributed by atoms with Gasteiger partial charge in [-0.05, 0) is 36.2 Å². The number of nitrogens with zero attached hydrogens (tertiary/aromatic N) is 1. The number of benzene rings is 2. The van der Waals surface area contributed by atoms with Crippen molar-refractivity contribution >= 4 is 22.2 Å². The summed E-state index contributed by atoms with van der Waals surface area (Å²) in [6.07, 6.45) is 7.04. The number of aryl methyl sites for hydroxylation is 1. The van der Waals surface area contributed by atoms with Gasteiger partial charge in [-0.3, -0.25) is 0 Å². The highest BCUT2D eigenvalue weighted by Gasteiger charge is 2.15. The Morgan fingerprint density at radius 3 is 2.17 bits per heavy atom. The number of rotatable bonds is 4. The van der Waals surface area contributed by atoms with Gasteiger partial charge in [-0.1, -0.05) is 60.2 Å². The minimum atomic E-state index is -3.54. The molecule has 0 aliphatic rings. The van der Waals surface area contributed by atoms with E-state index in [0.29, 0.717) is 0 Å². The summed E-state index contributed by atoms with van der Waals surface area (Å²) in [5.41, 5.74) is 2.94. The summed E-state index contributed by atoms with van der Waals surface area (Å²) in [6, 6.07) is 18.5. The topological polar surface area (TPSA) is 39.1 Å². The zero-order valence-corrected chi connectivity index (χ0v) is 13.6. The molecule has 0 saturated heterocycles. The second kappa shape index (κ2) is 6.26. The molecule has 0 spiro atoms. The second-order valence-electron chi connectivity index (χ2n) is 5.34. The van der Waals surface area contributed by atoms with Crippen molar-refractivity contribution in [1.29, 1.82) is 0 Å². The van der Waals surface area contributed by atoms with Crippen molar-refractivity contribution in [2.24, 2.45) is 0 Å². The van der Waals surface area contributed by atoms with Crippen molar-refractivity contribution in [1.82, 2.24) is 3.97 Å². The highest BCUT2D eigenvalue weighted by atomic mass is 32.2. The molecule has 3 rings (SSSR count). The molecule has 116 valence electrons. The molecule has 0 aliphatic heterocycles. The summed E-state index contributed by atoms with van der Waals surface area (Å²) >= 11 is 0. The molecule has 4 heteroatoms. The Morgan fingerprint density at radius 1 is 0.826 bits per heavy atom. The summed E-state index contributed by atoms with van der Waals surface area (Å²) in [7, 11) is -3.54. The standard InChI is InChI=1S/C19H17NO2S/c1-16-7-11-19(12-8-16)23(21,22)20-14-13-18(15-20)10-9-17-5-3-2-4-6-17/h2-15H,1H3/b10-9+. The minimum Gasteiger partial charge on any atom is -0.248 e. The predicted octanol–water partition coefficient (Wildman–Crippen LogP) is 4.20. The number of hydrogen-bond acceptors (Lipinski definition) is 2. The van der Waals surface area contributed by atoms with E-state index in [1.165, 1.54) is 3.97 Å². The van der Waals surface area contributed by atoms with Crippen LogP contribution in [0, 0.1) is 6.92 Å². The number of hydrogen-bond donors (Lipinski definition) is 0. The molecular formula is C19H17NO2S. The minimum absolute atomic E-state index is 0.289. The van der Waals surface area contributed by atoms with Crippen LogP contribution in [0.4, 0.5) is 0 Å². The molecule has 0 aliphatic carbocycles. The first-order chi connectivity index (χ1) is 11.1. The van der Waals surface area contributed by atoms with Gasteiger partial charge in [0.05, 0.1) is 4.90 Å². The molecular weight excluding hydrogens is 306 g/mol. The van der Waals surface area contributed by atoms with E-state index in [0.717, 1.165) is 16.7 Å². The van der Waals surface area contributed by atoms with Gasteiger partial charge in [0.2, 0.25) is 0 Å². The fraction of sp³-hybridized carbons (Fsp3) is 0.0526. The molecule has 0 atom stereocenters. The molecule has 0 unspecified atom stereocenters. The molecule has 23 heavy (non-hydrogen) atoms. The molecule has 0 bridgehead atoms. The van der Waals surface area contributed by atoms with Crippen molar-refractivity contribution in [2.45, 2.75) is 11.8 Å². The largest absolute Gasteiger partial charge is 0.267 e. The second-order valence-corrected chi connectivity index (χ2v) is 7.18. The van der Waals surface area contributed by atoms with E-state index in [-0.39, 0.29) is 4.90 Å². The molecule has 0 fully saturated rings. The van der Waals surface area contributed by atoms with Gasteiger partial charge in [-0.15, -0.1) is 0 Å². The summed E-state index contributed by atoms with van der Waals surface area (Å²) in [5.74, 6) is 0. The van der Waals surface area contributed by atoms with E-state index in [2.05, 4.69) is 0 Å². The maximum absolute atomic E-state index is 12.6. The Balaban J connectivity index is 1.86. The van der Waals surface area contributed by atoms with E-state index in [4.69, 9.17) is 0 Å². The number of aromatic nitrogens is 1. The SMILES string of the molecule is Cc1ccc(S(=O)(=O)n2ccc(/C=C/c3ccccc3)c2)cc1. The van der Waals surface area contributed by atoms with Crippen LogP contribution in [0.3, 0.4) is 0 Å². The van der Waals surface area contributed by atoms with Crippen LogP contribution in [-0.4, -0.2) is 12.4 Å². The Bertz CT molecular complexity index is 921. The zero-order chi connectivity index (χ0) is 16.3. The normalized spacial score (nSPS) is 11.9. The van der Waals surface area contributed by atoms with Gasteiger partial charge in [-0.2, -0.15) is 0 Å². The van der Waals surface area contributed by atoms with E-state index < -0.39 is 10.0 Å². The van der Waals surface area contributed by atoms with Crippen molar-refractivity contribution < 1.29 is 8.42 Å². The first-order valence-corrected chi connectivity index (χ1v) is 8.73. The van der Waals surface area contributed by atoms with Crippen LogP contribution in [0.5, 0.6) is 0 Å². The summed E-state index contributed by atoms with van der Waals surface area (Å²) < 4.78 is 26.4. The monoisotopic (exact) mass is 323 g/mol.